The molecule has 0 atom stereocenters. The molecule has 58 valence electrons. The van der Waals surface area contributed by atoms with Crippen LogP contribution < -0.4 is 0 Å². The molecule has 1 fully saturated rings. The molecular formula is C8H9NO2. The van der Waals surface area contributed by atoms with Crippen LogP contribution in [-0.2, 0) is 9.59 Å². The Balaban J connectivity index is 2.01. The van der Waals surface area contributed by atoms with Crippen LogP contribution >= 0.6 is 0 Å². The molecule has 3 heteroatoms. The average molecular weight is 151 g/mol. The van der Waals surface area contributed by atoms with Gasteiger partial charge in [0.2, 0.25) is 0 Å². The van der Waals surface area contributed by atoms with Gasteiger partial charge in [-0.2, -0.15) is 0 Å². The van der Waals surface area contributed by atoms with Crippen LogP contribution in [0.3, 0.4) is 0 Å². The zero-order valence-corrected chi connectivity index (χ0v) is 6.12. The van der Waals surface area contributed by atoms with Crippen molar-refractivity contribution in [2.45, 2.75) is 12.8 Å². The predicted octanol–water partition coefficient (Wildman–Crippen LogP) is 0.321. The molecule has 3 nitrogen and oxygen atoms in total. The highest BCUT2D eigenvalue weighted by Crippen LogP contribution is 2.30. The van der Waals surface area contributed by atoms with Crippen LogP contribution in [0.2, 0.25) is 0 Å². The fourth-order valence-corrected chi connectivity index (χ4v) is 1.17. The number of hydrogen-bond donors (Lipinski definition) is 0. The lowest BCUT2D eigenvalue weighted by molar-refractivity contribution is -0.137. The van der Waals surface area contributed by atoms with Gasteiger partial charge in [-0.05, 0) is 18.8 Å². The van der Waals surface area contributed by atoms with Crippen molar-refractivity contribution in [3.8, 4) is 0 Å². The molecule has 1 aliphatic heterocycles. The summed E-state index contributed by atoms with van der Waals surface area (Å²) >= 11 is 0. The Kier molecular flexibility index (Phi) is 1.31. The van der Waals surface area contributed by atoms with Crippen molar-refractivity contribution in [3.63, 3.8) is 0 Å². The lowest BCUT2D eigenvalue weighted by atomic mass is 10.4. The van der Waals surface area contributed by atoms with Gasteiger partial charge in [0.15, 0.2) is 0 Å². The molecule has 0 radical (unpaired) electrons. The Hall–Kier alpha value is -1.12. The van der Waals surface area contributed by atoms with Gasteiger partial charge in [-0.3, -0.25) is 14.5 Å². The summed E-state index contributed by atoms with van der Waals surface area (Å²) in [5.41, 5.74) is 0. The number of carbonyl (C=O) groups is 2. The summed E-state index contributed by atoms with van der Waals surface area (Å²) < 4.78 is 0. The van der Waals surface area contributed by atoms with Crippen molar-refractivity contribution >= 4 is 11.8 Å². The van der Waals surface area contributed by atoms with Gasteiger partial charge in [0.25, 0.3) is 11.8 Å². The molecule has 0 unspecified atom stereocenters. The Bertz CT molecular complexity index is 222. The van der Waals surface area contributed by atoms with Crippen LogP contribution in [0.15, 0.2) is 12.2 Å². The highest BCUT2D eigenvalue weighted by molar-refractivity contribution is 6.12. The largest absolute Gasteiger partial charge is 0.275 e. The van der Waals surface area contributed by atoms with Gasteiger partial charge in [0.1, 0.15) is 0 Å². The first kappa shape index (κ1) is 6.58. The molecular weight excluding hydrogens is 142 g/mol. The lowest BCUT2D eigenvalue weighted by Crippen LogP contribution is -2.31. The maximum Gasteiger partial charge on any atom is 0.253 e. The quantitative estimate of drug-likeness (QED) is 0.533. The van der Waals surface area contributed by atoms with E-state index in [1.165, 1.54) is 17.1 Å². The van der Waals surface area contributed by atoms with Crippen LogP contribution in [0, 0.1) is 5.92 Å². The van der Waals surface area contributed by atoms with E-state index in [4.69, 9.17) is 0 Å². The molecule has 1 aliphatic carbocycles. The van der Waals surface area contributed by atoms with E-state index in [0.29, 0.717) is 12.5 Å². The SMILES string of the molecule is O=C1C=CC(=O)N1CC1CC1. The van der Waals surface area contributed by atoms with E-state index in [9.17, 15) is 9.59 Å². The van der Waals surface area contributed by atoms with Gasteiger partial charge in [-0.15, -0.1) is 0 Å². The maximum atomic E-state index is 11.0. The summed E-state index contributed by atoms with van der Waals surface area (Å²) in [6.45, 7) is 0.630. The molecule has 1 saturated carbocycles. The minimum Gasteiger partial charge on any atom is -0.275 e. The van der Waals surface area contributed by atoms with Crippen LogP contribution in [0.5, 0.6) is 0 Å². The zero-order valence-electron chi connectivity index (χ0n) is 6.12. The number of carbonyl (C=O) groups excluding carboxylic acids is 2. The average Bonchev–Trinajstić information content (AvgIpc) is 2.73. The van der Waals surface area contributed by atoms with Crippen molar-refractivity contribution in [2.24, 2.45) is 5.92 Å². The highest BCUT2D eigenvalue weighted by Gasteiger charge is 2.30. The summed E-state index contributed by atoms with van der Waals surface area (Å²) in [4.78, 5) is 23.2. The van der Waals surface area contributed by atoms with E-state index in [2.05, 4.69) is 0 Å². The summed E-state index contributed by atoms with van der Waals surface area (Å²) in [6, 6.07) is 0. The Morgan fingerprint density at radius 1 is 1.27 bits per heavy atom. The third-order valence-corrected chi connectivity index (χ3v) is 2.04. The first-order chi connectivity index (χ1) is 5.27. The Labute approximate surface area is 64.7 Å². The smallest absolute Gasteiger partial charge is 0.253 e. The molecule has 2 amide bonds. The second-order valence-corrected chi connectivity index (χ2v) is 3.06. The maximum absolute atomic E-state index is 11.0. The van der Waals surface area contributed by atoms with E-state index in [0.717, 1.165) is 12.8 Å². The van der Waals surface area contributed by atoms with Crippen molar-refractivity contribution in [1.29, 1.82) is 0 Å². The predicted molar refractivity (Wildman–Crippen MR) is 38.6 cm³/mol. The van der Waals surface area contributed by atoms with Gasteiger partial charge < -0.3 is 0 Å². The second kappa shape index (κ2) is 2.19. The molecule has 11 heavy (non-hydrogen) atoms. The van der Waals surface area contributed by atoms with Crippen LogP contribution in [0.25, 0.3) is 0 Å². The standard InChI is InChI=1S/C8H9NO2/c10-7-3-4-8(11)9(7)5-6-1-2-6/h3-4,6H,1-2,5H2. The van der Waals surface area contributed by atoms with Crippen LogP contribution in [0.4, 0.5) is 0 Å². The molecule has 0 aromatic rings. The number of nitrogens with zero attached hydrogens (tertiary/aromatic N) is 1. The first-order valence-electron chi connectivity index (χ1n) is 3.81. The van der Waals surface area contributed by atoms with Gasteiger partial charge in [0, 0.05) is 18.7 Å². The first-order valence-corrected chi connectivity index (χ1v) is 3.81. The van der Waals surface area contributed by atoms with E-state index in [1.807, 2.05) is 0 Å². The van der Waals surface area contributed by atoms with E-state index < -0.39 is 0 Å². The van der Waals surface area contributed by atoms with Crippen molar-refractivity contribution < 1.29 is 9.59 Å². The Morgan fingerprint density at radius 2 is 1.82 bits per heavy atom. The lowest BCUT2D eigenvalue weighted by Gasteiger charge is -2.11. The molecule has 1 heterocycles. The van der Waals surface area contributed by atoms with Crippen molar-refractivity contribution in [2.75, 3.05) is 6.54 Å². The summed E-state index contributed by atoms with van der Waals surface area (Å²) in [5.74, 6) is 0.284. The number of hydrogen-bond acceptors (Lipinski definition) is 2. The highest BCUT2D eigenvalue weighted by atomic mass is 16.2. The normalized spacial score (nSPS) is 23.5. The summed E-state index contributed by atoms with van der Waals surface area (Å²) in [7, 11) is 0. The fourth-order valence-electron chi connectivity index (χ4n) is 1.17. The van der Waals surface area contributed by atoms with E-state index >= 15 is 0 Å². The number of rotatable bonds is 2. The van der Waals surface area contributed by atoms with Gasteiger partial charge in [0.05, 0.1) is 0 Å². The summed E-state index contributed by atoms with van der Waals surface area (Å²) in [5, 5.41) is 0. The molecule has 0 aromatic heterocycles. The van der Waals surface area contributed by atoms with Gasteiger partial charge in [-0.25, -0.2) is 0 Å². The van der Waals surface area contributed by atoms with E-state index in [-0.39, 0.29) is 11.8 Å². The molecule has 0 saturated heterocycles. The zero-order chi connectivity index (χ0) is 7.84. The third kappa shape index (κ3) is 1.18. The van der Waals surface area contributed by atoms with E-state index in [1.54, 1.807) is 0 Å². The van der Waals surface area contributed by atoms with Crippen LogP contribution in [0.1, 0.15) is 12.8 Å². The van der Waals surface area contributed by atoms with Crippen molar-refractivity contribution in [3.05, 3.63) is 12.2 Å². The monoisotopic (exact) mass is 151 g/mol. The molecule has 2 rings (SSSR count). The molecule has 2 aliphatic rings. The van der Waals surface area contributed by atoms with Gasteiger partial charge >= 0.3 is 0 Å². The molecule has 0 bridgehead atoms. The van der Waals surface area contributed by atoms with Gasteiger partial charge in [-0.1, -0.05) is 0 Å². The number of amides is 2. The fraction of sp³-hybridized carbons (Fsp3) is 0.500. The van der Waals surface area contributed by atoms with Crippen molar-refractivity contribution in [1.82, 2.24) is 4.90 Å². The third-order valence-electron chi connectivity index (χ3n) is 2.04. The number of imide groups is 1. The molecule has 0 N–H and O–H groups in total. The van der Waals surface area contributed by atoms with Crippen LogP contribution in [-0.4, -0.2) is 23.3 Å². The minimum atomic E-state index is -0.151. The second-order valence-electron chi connectivity index (χ2n) is 3.06. The minimum absolute atomic E-state index is 0.151. The Morgan fingerprint density at radius 3 is 2.27 bits per heavy atom. The topological polar surface area (TPSA) is 37.4 Å². The molecule has 0 aromatic carbocycles. The molecule has 0 spiro atoms. The summed E-state index contributed by atoms with van der Waals surface area (Å²) in [6.07, 6.45) is 5.00.